The molecule has 0 aliphatic heterocycles. The Morgan fingerprint density at radius 2 is 1.64 bits per heavy atom. The SMILES string of the molecule is Cc1ccc(OCC(=O)Nc2ccccc2CNC(=O)CCNC(=O)OC(C)(C)C)cc1C. The highest BCUT2D eigenvalue weighted by atomic mass is 16.6. The minimum Gasteiger partial charge on any atom is -0.484 e. The van der Waals surface area contributed by atoms with E-state index in [1.165, 1.54) is 0 Å². The monoisotopic (exact) mass is 455 g/mol. The molecule has 0 unspecified atom stereocenters. The maximum atomic E-state index is 12.4. The number of alkyl carbamates (subject to hydrolysis) is 1. The largest absolute Gasteiger partial charge is 0.484 e. The average molecular weight is 456 g/mol. The lowest BCUT2D eigenvalue weighted by Crippen LogP contribution is -2.35. The number of benzene rings is 2. The zero-order chi connectivity index (χ0) is 24.4. The maximum Gasteiger partial charge on any atom is 0.407 e. The van der Waals surface area contributed by atoms with Crippen LogP contribution in [0.25, 0.3) is 0 Å². The van der Waals surface area contributed by atoms with E-state index in [-0.39, 0.29) is 37.9 Å². The average Bonchev–Trinajstić information content (AvgIpc) is 2.72. The number of para-hydroxylation sites is 1. The van der Waals surface area contributed by atoms with Gasteiger partial charge in [0.2, 0.25) is 5.91 Å². The molecule has 2 rings (SSSR count). The first kappa shape index (κ1) is 25.7. The summed E-state index contributed by atoms with van der Waals surface area (Å²) in [6.45, 7) is 9.58. The Labute approximate surface area is 195 Å². The molecule has 3 amide bonds. The first-order valence-electron chi connectivity index (χ1n) is 10.8. The zero-order valence-electron chi connectivity index (χ0n) is 19.9. The third kappa shape index (κ3) is 9.64. The number of rotatable bonds is 9. The summed E-state index contributed by atoms with van der Waals surface area (Å²) in [5, 5.41) is 8.16. The van der Waals surface area contributed by atoms with E-state index < -0.39 is 11.7 Å². The summed E-state index contributed by atoms with van der Waals surface area (Å²) in [7, 11) is 0. The summed E-state index contributed by atoms with van der Waals surface area (Å²) < 4.78 is 10.7. The van der Waals surface area contributed by atoms with Gasteiger partial charge in [0.05, 0.1) is 0 Å². The Kier molecular flexibility index (Phi) is 9.27. The van der Waals surface area contributed by atoms with Crippen LogP contribution >= 0.6 is 0 Å². The molecular formula is C25H33N3O5. The van der Waals surface area contributed by atoms with Crippen molar-refractivity contribution in [3.8, 4) is 5.75 Å². The quantitative estimate of drug-likeness (QED) is 0.533. The summed E-state index contributed by atoms with van der Waals surface area (Å²) in [5.41, 5.74) is 3.01. The van der Waals surface area contributed by atoms with Crippen molar-refractivity contribution < 1.29 is 23.9 Å². The van der Waals surface area contributed by atoms with Gasteiger partial charge in [-0.05, 0) is 69.5 Å². The number of hydrogen-bond donors (Lipinski definition) is 3. The lowest BCUT2D eigenvalue weighted by Gasteiger charge is -2.19. The molecule has 2 aromatic carbocycles. The molecular weight excluding hydrogens is 422 g/mol. The van der Waals surface area contributed by atoms with E-state index in [1.807, 2.05) is 44.2 Å². The molecule has 0 aliphatic carbocycles. The van der Waals surface area contributed by atoms with E-state index in [2.05, 4.69) is 16.0 Å². The number of carbonyl (C=O) groups excluding carboxylic acids is 3. The van der Waals surface area contributed by atoms with Crippen LogP contribution in [0.3, 0.4) is 0 Å². The first-order chi connectivity index (χ1) is 15.5. The van der Waals surface area contributed by atoms with Crippen molar-refractivity contribution in [1.82, 2.24) is 10.6 Å². The van der Waals surface area contributed by atoms with Gasteiger partial charge in [0.1, 0.15) is 11.4 Å². The number of amides is 3. The number of anilines is 1. The Balaban J connectivity index is 1.79. The van der Waals surface area contributed by atoms with Gasteiger partial charge >= 0.3 is 6.09 Å². The van der Waals surface area contributed by atoms with Crippen molar-refractivity contribution in [2.45, 2.75) is 53.2 Å². The molecule has 0 saturated carbocycles. The fraction of sp³-hybridized carbons (Fsp3) is 0.400. The Bertz CT molecular complexity index is 982. The summed E-state index contributed by atoms with van der Waals surface area (Å²) in [5.74, 6) is 0.104. The van der Waals surface area contributed by atoms with Crippen LogP contribution in [0.15, 0.2) is 42.5 Å². The minimum atomic E-state index is -0.593. The van der Waals surface area contributed by atoms with Crippen molar-refractivity contribution >= 4 is 23.6 Å². The van der Waals surface area contributed by atoms with Crippen molar-refractivity contribution in [1.29, 1.82) is 0 Å². The highest BCUT2D eigenvalue weighted by Crippen LogP contribution is 2.17. The minimum absolute atomic E-state index is 0.109. The molecule has 8 nitrogen and oxygen atoms in total. The van der Waals surface area contributed by atoms with E-state index >= 15 is 0 Å². The number of ether oxygens (including phenoxy) is 2. The van der Waals surface area contributed by atoms with E-state index in [0.29, 0.717) is 11.4 Å². The first-order valence-corrected chi connectivity index (χ1v) is 10.8. The number of aryl methyl sites for hydroxylation is 2. The van der Waals surface area contributed by atoms with Crippen LogP contribution in [0.5, 0.6) is 5.75 Å². The molecule has 0 fully saturated rings. The number of carbonyl (C=O) groups is 3. The summed E-state index contributed by atoms with van der Waals surface area (Å²) in [6, 6.07) is 12.9. The van der Waals surface area contributed by atoms with Gasteiger partial charge in [0.15, 0.2) is 6.61 Å². The van der Waals surface area contributed by atoms with Crippen LogP contribution in [0.4, 0.5) is 10.5 Å². The molecule has 0 radical (unpaired) electrons. The van der Waals surface area contributed by atoms with Crippen LogP contribution in [-0.4, -0.2) is 36.7 Å². The molecule has 0 heterocycles. The second-order valence-electron chi connectivity index (χ2n) is 8.70. The predicted molar refractivity (Wildman–Crippen MR) is 127 cm³/mol. The molecule has 2 aromatic rings. The van der Waals surface area contributed by atoms with Crippen LogP contribution in [0, 0.1) is 13.8 Å². The van der Waals surface area contributed by atoms with Crippen LogP contribution in [-0.2, 0) is 20.9 Å². The molecule has 8 heteroatoms. The summed E-state index contributed by atoms with van der Waals surface area (Å²) >= 11 is 0. The van der Waals surface area contributed by atoms with Gasteiger partial charge in [0.25, 0.3) is 5.91 Å². The smallest absolute Gasteiger partial charge is 0.407 e. The fourth-order valence-electron chi connectivity index (χ4n) is 2.81. The van der Waals surface area contributed by atoms with Crippen LogP contribution in [0.1, 0.15) is 43.9 Å². The van der Waals surface area contributed by atoms with Crippen LogP contribution < -0.4 is 20.7 Å². The van der Waals surface area contributed by atoms with Gasteiger partial charge in [-0.1, -0.05) is 24.3 Å². The highest BCUT2D eigenvalue weighted by molar-refractivity contribution is 5.92. The van der Waals surface area contributed by atoms with E-state index in [4.69, 9.17) is 9.47 Å². The lowest BCUT2D eigenvalue weighted by atomic mass is 10.1. The normalized spacial score (nSPS) is 10.8. The molecule has 0 aliphatic rings. The van der Waals surface area contributed by atoms with Crippen molar-refractivity contribution in [3.63, 3.8) is 0 Å². The molecule has 0 bridgehead atoms. The standard InChI is InChI=1S/C25H33N3O5/c1-17-10-11-20(14-18(17)2)32-16-23(30)28-21-9-7-6-8-19(21)15-27-22(29)12-13-26-24(31)33-25(3,4)5/h6-11,14H,12-13,15-16H2,1-5H3,(H,26,31)(H,27,29)(H,28,30). The number of nitrogens with one attached hydrogen (secondary N) is 3. The van der Waals surface area contributed by atoms with Gasteiger partial charge in [-0.2, -0.15) is 0 Å². The highest BCUT2D eigenvalue weighted by Gasteiger charge is 2.16. The third-order valence-electron chi connectivity index (χ3n) is 4.64. The second kappa shape index (κ2) is 11.9. The molecule has 3 N–H and O–H groups in total. The van der Waals surface area contributed by atoms with Crippen LogP contribution in [0.2, 0.25) is 0 Å². The lowest BCUT2D eigenvalue weighted by molar-refractivity contribution is -0.121. The Hall–Kier alpha value is -3.55. The Morgan fingerprint density at radius 1 is 0.909 bits per heavy atom. The van der Waals surface area contributed by atoms with E-state index in [1.54, 1.807) is 32.9 Å². The van der Waals surface area contributed by atoms with Gasteiger partial charge in [0, 0.05) is 25.2 Å². The van der Waals surface area contributed by atoms with Crippen molar-refractivity contribution in [3.05, 3.63) is 59.2 Å². The number of hydrogen-bond acceptors (Lipinski definition) is 5. The van der Waals surface area contributed by atoms with Gasteiger partial charge in [-0.15, -0.1) is 0 Å². The maximum absolute atomic E-state index is 12.4. The van der Waals surface area contributed by atoms with Gasteiger partial charge in [-0.25, -0.2) is 4.79 Å². The predicted octanol–water partition coefficient (Wildman–Crippen LogP) is 3.85. The summed E-state index contributed by atoms with van der Waals surface area (Å²) in [4.78, 5) is 36.1. The third-order valence-corrected chi connectivity index (χ3v) is 4.64. The molecule has 0 atom stereocenters. The molecule has 0 saturated heterocycles. The molecule has 33 heavy (non-hydrogen) atoms. The molecule has 178 valence electrons. The van der Waals surface area contributed by atoms with Crippen molar-refractivity contribution in [2.75, 3.05) is 18.5 Å². The summed E-state index contributed by atoms with van der Waals surface area (Å²) in [6.07, 6.45) is -0.455. The van der Waals surface area contributed by atoms with E-state index in [0.717, 1.165) is 16.7 Å². The van der Waals surface area contributed by atoms with E-state index in [9.17, 15) is 14.4 Å². The molecule has 0 spiro atoms. The zero-order valence-corrected chi connectivity index (χ0v) is 19.9. The fourth-order valence-corrected chi connectivity index (χ4v) is 2.81. The second-order valence-corrected chi connectivity index (χ2v) is 8.70. The van der Waals surface area contributed by atoms with Gasteiger partial charge < -0.3 is 25.4 Å². The molecule has 0 aromatic heterocycles. The topological polar surface area (TPSA) is 106 Å². The van der Waals surface area contributed by atoms with Crippen molar-refractivity contribution in [2.24, 2.45) is 0 Å². The van der Waals surface area contributed by atoms with Gasteiger partial charge in [-0.3, -0.25) is 9.59 Å². The Morgan fingerprint density at radius 3 is 2.33 bits per heavy atom.